The second-order valence-corrected chi connectivity index (χ2v) is 5.48. The van der Waals surface area contributed by atoms with E-state index in [1.807, 2.05) is 24.9 Å². The summed E-state index contributed by atoms with van der Waals surface area (Å²) < 4.78 is 5.45. The van der Waals surface area contributed by atoms with E-state index in [0.717, 1.165) is 18.9 Å². The number of likely N-dealkylation sites (N-methyl/N-ethyl adjacent to an activating group) is 1. The van der Waals surface area contributed by atoms with Crippen molar-refractivity contribution in [2.24, 2.45) is 0 Å². The molecule has 112 valence electrons. The average Bonchev–Trinajstić information content (AvgIpc) is 2.92. The van der Waals surface area contributed by atoms with Crippen molar-refractivity contribution in [3.05, 3.63) is 18.2 Å². The Balaban J connectivity index is 1.88. The molecule has 0 aliphatic carbocycles. The number of piperazine rings is 1. The normalized spacial score (nSPS) is 20.6. The minimum Gasteiger partial charge on any atom is -0.378 e. The zero-order chi connectivity index (χ0) is 14.5. The van der Waals surface area contributed by atoms with Crippen LogP contribution in [0.15, 0.2) is 12.4 Å². The molecule has 0 unspecified atom stereocenters. The Labute approximate surface area is 120 Å². The molecule has 0 spiro atoms. The first-order valence-corrected chi connectivity index (χ1v) is 7.17. The van der Waals surface area contributed by atoms with Crippen LogP contribution in [0.1, 0.15) is 32.1 Å². The monoisotopic (exact) mass is 280 g/mol. The Hall–Kier alpha value is -1.40. The van der Waals surface area contributed by atoms with Crippen LogP contribution in [0.5, 0.6) is 0 Å². The van der Waals surface area contributed by atoms with Gasteiger partial charge < -0.3 is 14.6 Å². The van der Waals surface area contributed by atoms with E-state index in [1.165, 1.54) is 0 Å². The summed E-state index contributed by atoms with van der Waals surface area (Å²) in [6.45, 7) is 6.77. The number of H-pyrrole nitrogens is 1. The van der Waals surface area contributed by atoms with E-state index < -0.39 is 0 Å². The summed E-state index contributed by atoms with van der Waals surface area (Å²) in [5.41, 5.74) is 0. The molecule has 0 aromatic carbocycles. The van der Waals surface area contributed by atoms with Crippen LogP contribution in [0.3, 0.4) is 0 Å². The highest BCUT2D eigenvalue weighted by molar-refractivity contribution is 5.76. The molecule has 1 aromatic rings. The fraction of sp³-hybridized carbons (Fsp3) is 0.714. The number of nitrogens with zero attached hydrogens (tertiary/aromatic N) is 3. The van der Waals surface area contributed by atoms with Crippen LogP contribution in [-0.2, 0) is 9.53 Å². The Morgan fingerprint density at radius 3 is 3.00 bits per heavy atom. The number of hydrogen-bond acceptors (Lipinski definition) is 4. The summed E-state index contributed by atoms with van der Waals surface area (Å²) in [7, 11) is 2.07. The van der Waals surface area contributed by atoms with E-state index in [4.69, 9.17) is 4.74 Å². The summed E-state index contributed by atoms with van der Waals surface area (Å²) in [4.78, 5) is 23.8. The second kappa shape index (κ2) is 6.85. The average molecular weight is 280 g/mol. The number of hydrogen-bond donors (Lipinski definition) is 1. The van der Waals surface area contributed by atoms with Gasteiger partial charge in [-0.3, -0.25) is 9.69 Å². The van der Waals surface area contributed by atoms with Crippen molar-refractivity contribution in [3.63, 3.8) is 0 Å². The van der Waals surface area contributed by atoms with E-state index in [2.05, 4.69) is 21.9 Å². The first-order chi connectivity index (χ1) is 9.58. The van der Waals surface area contributed by atoms with Crippen LogP contribution in [-0.4, -0.2) is 65.1 Å². The van der Waals surface area contributed by atoms with Gasteiger partial charge in [-0.1, -0.05) is 0 Å². The number of ether oxygens (including phenoxy) is 1. The maximum absolute atomic E-state index is 12.2. The first-order valence-electron chi connectivity index (χ1n) is 7.17. The van der Waals surface area contributed by atoms with Gasteiger partial charge in [-0.05, 0) is 20.9 Å². The van der Waals surface area contributed by atoms with E-state index in [9.17, 15) is 4.79 Å². The van der Waals surface area contributed by atoms with Crippen molar-refractivity contribution in [1.82, 2.24) is 19.8 Å². The molecule has 1 amide bonds. The third-order valence-corrected chi connectivity index (χ3v) is 3.60. The Bertz CT molecular complexity index is 419. The van der Waals surface area contributed by atoms with Crippen molar-refractivity contribution < 1.29 is 9.53 Å². The predicted octanol–water partition coefficient (Wildman–Crippen LogP) is 1.04. The number of imidazole rings is 1. The first kappa shape index (κ1) is 15.0. The molecule has 1 atom stereocenters. The number of aromatic nitrogens is 2. The molecule has 0 bridgehead atoms. The van der Waals surface area contributed by atoms with Crippen molar-refractivity contribution in [3.8, 4) is 0 Å². The number of aromatic amines is 1. The molecule has 6 nitrogen and oxygen atoms in total. The molecular formula is C14H24N4O2. The van der Waals surface area contributed by atoms with Crippen LogP contribution >= 0.6 is 0 Å². The lowest BCUT2D eigenvalue weighted by molar-refractivity contribution is -0.135. The Morgan fingerprint density at radius 2 is 2.35 bits per heavy atom. The molecule has 20 heavy (non-hydrogen) atoms. The van der Waals surface area contributed by atoms with Crippen LogP contribution in [0.4, 0.5) is 0 Å². The van der Waals surface area contributed by atoms with Crippen molar-refractivity contribution >= 4 is 5.91 Å². The highest BCUT2D eigenvalue weighted by Gasteiger charge is 2.29. The molecule has 1 aliphatic rings. The van der Waals surface area contributed by atoms with Crippen molar-refractivity contribution in [2.45, 2.75) is 32.4 Å². The fourth-order valence-electron chi connectivity index (χ4n) is 2.40. The molecule has 1 N–H and O–H groups in total. The minimum absolute atomic E-state index is 0.147. The molecule has 0 saturated carbocycles. The summed E-state index contributed by atoms with van der Waals surface area (Å²) in [5.74, 6) is 1.08. The van der Waals surface area contributed by atoms with Gasteiger partial charge in [0.2, 0.25) is 5.91 Å². The summed E-state index contributed by atoms with van der Waals surface area (Å²) in [6, 6.07) is 0.147. The third kappa shape index (κ3) is 3.80. The van der Waals surface area contributed by atoms with Gasteiger partial charge in [0.15, 0.2) is 0 Å². The quantitative estimate of drug-likeness (QED) is 0.875. The standard InChI is InChI=1S/C14H24N4O2/c1-11(2)20-9-4-13(19)18-8-7-17(3)12(10-18)14-15-5-6-16-14/h5-6,11-12H,4,7-10H2,1-3H3,(H,15,16)/t12-/m0/s1. The van der Waals surface area contributed by atoms with E-state index in [0.29, 0.717) is 19.6 Å². The summed E-state index contributed by atoms with van der Waals surface area (Å²) in [6.07, 6.45) is 4.19. The molecule has 2 heterocycles. The molecule has 6 heteroatoms. The van der Waals surface area contributed by atoms with E-state index in [1.54, 1.807) is 6.20 Å². The molecule has 2 rings (SSSR count). The number of carbonyl (C=O) groups is 1. The van der Waals surface area contributed by atoms with Gasteiger partial charge in [0.25, 0.3) is 0 Å². The van der Waals surface area contributed by atoms with Gasteiger partial charge in [0.1, 0.15) is 5.82 Å². The lowest BCUT2D eigenvalue weighted by atomic mass is 10.1. The molecule has 1 fully saturated rings. The van der Waals surface area contributed by atoms with Crippen LogP contribution in [0, 0.1) is 0 Å². The van der Waals surface area contributed by atoms with Crippen molar-refractivity contribution in [1.29, 1.82) is 0 Å². The highest BCUT2D eigenvalue weighted by Crippen LogP contribution is 2.21. The van der Waals surface area contributed by atoms with Gasteiger partial charge in [-0.25, -0.2) is 4.98 Å². The number of carbonyl (C=O) groups excluding carboxylic acids is 1. The van der Waals surface area contributed by atoms with Gasteiger partial charge in [-0.2, -0.15) is 0 Å². The zero-order valence-electron chi connectivity index (χ0n) is 12.5. The van der Waals surface area contributed by atoms with Gasteiger partial charge in [0.05, 0.1) is 25.2 Å². The Morgan fingerprint density at radius 1 is 1.55 bits per heavy atom. The molecule has 0 radical (unpaired) electrons. The minimum atomic E-state index is 0.147. The van der Waals surface area contributed by atoms with Gasteiger partial charge in [0, 0.05) is 32.0 Å². The van der Waals surface area contributed by atoms with E-state index in [-0.39, 0.29) is 18.1 Å². The van der Waals surface area contributed by atoms with Gasteiger partial charge >= 0.3 is 0 Å². The molecule has 1 aliphatic heterocycles. The largest absolute Gasteiger partial charge is 0.378 e. The lowest BCUT2D eigenvalue weighted by Crippen LogP contribution is -2.49. The second-order valence-electron chi connectivity index (χ2n) is 5.48. The smallest absolute Gasteiger partial charge is 0.225 e. The van der Waals surface area contributed by atoms with Gasteiger partial charge in [-0.15, -0.1) is 0 Å². The topological polar surface area (TPSA) is 61.5 Å². The third-order valence-electron chi connectivity index (χ3n) is 3.60. The van der Waals surface area contributed by atoms with Crippen LogP contribution in [0.25, 0.3) is 0 Å². The molecular weight excluding hydrogens is 256 g/mol. The molecule has 1 aromatic heterocycles. The fourth-order valence-corrected chi connectivity index (χ4v) is 2.40. The zero-order valence-corrected chi connectivity index (χ0v) is 12.5. The van der Waals surface area contributed by atoms with Crippen LogP contribution < -0.4 is 0 Å². The number of rotatable bonds is 5. The number of nitrogens with one attached hydrogen (secondary N) is 1. The van der Waals surface area contributed by atoms with Crippen molar-refractivity contribution in [2.75, 3.05) is 33.3 Å². The predicted molar refractivity (Wildman–Crippen MR) is 76.2 cm³/mol. The lowest BCUT2D eigenvalue weighted by Gasteiger charge is -2.38. The summed E-state index contributed by atoms with van der Waals surface area (Å²) >= 11 is 0. The van der Waals surface area contributed by atoms with E-state index >= 15 is 0 Å². The highest BCUT2D eigenvalue weighted by atomic mass is 16.5. The maximum atomic E-state index is 12.2. The number of amides is 1. The maximum Gasteiger partial charge on any atom is 0.225 e. The Kier molecular flexibility index (Phi) is 5.14. The summed E-state index contributed by atoms with van der Waals surface area (Å²) in [5, 5.41) is 0. The molecule has 1 saturated heterocycles. The van der Waals surface area contributed by atoms with Crippen LogP contribution in [0.2, 0.25) is 0 Å². The SMILES string of the molecule is CC(C)OCCC(=O)N1CCN(C)[C@H](c2ncc[nH]2)C1.